The van der Waals surface area contributed by atoms with Gasteiger partial charge in [0.15, 0.2) is 0 Å². The molecule has 70 valence electrons. The van der Waals surface area contributed by atoms with E-state index in [1.165, 1.54) is 16.6 Å². The fraction of sp³-hybridized carbons (Fsp3) is 0.364. The van der Waals surface area contributed by atoms with Crippen LogP contribution in [0.4, 0.5) is 0 Å². The van der Waals surface area contributed by atoms with E-state index in [0.29, 0.717) is 0 Å². The molecule has 1 aromatic heterocycles. The summed E-state index contributed by atoms with van der Waals surface area (Å²) in [5, 5.41) is 8.60. The molecular weight excluding hydrogens is 160 g/mol. The molecule has 0 spiro atoms. The van der Waals surface area contributed by atoms with Crippen molar-refractivity contribution in [3.05, 3.63) is 29.5 Å². The summed E-state index contributed by atoms with van der Waals surface area (Å²) in [5.41, 5.74) is 3.68. The molecule has 0 saturated heterocycles. The van der Waals surface area contributed by atoms with Crippen LogP contribution in [0.15, 0.2) is 18.2 Å². The summed E-state index contributed by atoms with van der Waals surface area (Å²) in [7, 11) is 0. The summed E-state index contributed by atoms with van der Waals surface area (Å²) in [6.45, 7) is 4.30. The van der Waals surface area contributed by atoms with Gasteiger partial charge in [-0.05, 0) is 24.5 Å². The number of fused-ring (bicyclic) bond motifs is 1. The van der Waals surface area contributed by atoms with Crippen LogP contribution in [0.1, 0.15) is 26.5 Å². The third-order valence-electron chi connectivity index (χ3n) is 2.46. The average molecular weight is 176 g/mol. The second-order valence-electron chi connectivity index (χ2n) is 3.26. The van der Waals surface area contributed by atoms with Gasteiger partial charge < -0.3 is 0 Å². The first kappa shape index (κ1) is 8.30. The monoisotopic (exact) mass is 176 g/mol. The Hall–Kier alpha value is -1.31. The molecule has 13 heavy (non-hydrogen) atoms. The van der Waals surface area contributed by atoms with Crippen molar-refractivity contribution in [2.45, 2.75) is 26.7 Å². The fourth-order valence-electron chi connectivity index (χ4n) is 1.60. The van der Waals surface area contributed by atoms with Crippen molar-refractivity contribution >= 4 is 10.9 Å². The smallest absolute Gasteiger partial charge is 0.0926 e. The lowest BCUT2D eigenvalue weighted by atomic mass is 10.1. The van der Waals surface area contributed by atoms with E-state index in [2.05, 4.69) is 42.2 Å². The van der Waals surface area contributed by atoms with Crippen LogP contribution >= 0.6 is 0 Å². The van der Waals surface area contributed by atoms with Crippen molar-refractivity contribution in [1.29, 1.82) is 0 Å². The summed E-state index contributed by atoms with van der Waals surface area (Å²) in [4.78, 5) is 0. The van der Waals surface area contributed by atoms with Crippen LogP contribution in [0.3, 0.4) is 0 Å². The predicted octanol–water partition coefficient (Wildman–Crippen LogP) is 2.93. The summed E-state index contributed by atoms with van der Waals surface area (Å²) in [5.74, 6) is 0. The molecule has 1 N–H and O–H groups in total. The highest BCUT2D eigenvalue weighted by molar-refractivity contribution is 5.81. The lowest BCUT2D eigenvalue weighted by Gasteiger charge is -1.95. The fourth-order valence-corrected chi connectivity index (χ4v) is 1.60. The van der Waals surface area contributed by atoms with Gasteiger partial charge in [0.05, 0.1) is 5.52 Å². The molecule has 1 aromatic carbocycles. The third-order valence-corrected chi connectivity index (χ3v) is 2.46. The number of H-pyrrole nitrogens is 1. The molecule has 0 aliphatic heterocycles. The van der Waals surface area contributed by atoms with Gasteiger partial charge in [-0.1, -0.05) is 26.0 Å². The van der Waals surface area contributed by atoms with Gasteiger partial charge in [0.2, 0.25) is 0 Å². The number of nitrogens with zero attached hydrogens (tertiary/aromatic N) is 1. The molecule has 0 fully saturated rings. The van der Waals surface area contributed by atoms with Gasteiger partial charge in [0.1, 0.15) is 0 Å². The number of aryl methyl sites for hydroxylation is 2. The highest BCUT2D eigenvalue weighted by Gasteiger charge is 2.02. The Labute approximate surface area is 79.5 Å². The Morgan fingerprint density at radius 2 is 2.15 bits per heavy atom. The zero-order valence-corrected chi connectivity index (χ0v) is 8.09. The third kappa shape index (κ3) is 1.32. The molecule has 0 unspecified atom stereocenters. The minimum Gasteiger partial charge on any atom is -0.281 e. The number of hydrogen-bond acceptors (Lipinski definition) is 1. The Kier molecular flexibility index (Phi) is 2.05. The molecule has 0 aliphatic carbocycles. The largest absolute Gasteiger partial charge is 0.281 e. The first-order valence-corrected chi connectivity index (χ1v) is 4.81. The molecule has 0 amide bonds. The summed E-state index contributed by atoms with van der Waals surface area (Å²) >= 11 is 0. The number of benzene rings is 1. The Bertz CT molecular complexity index is 420. The van der Waals surface area contributed by atoms with Gasteiger partial charge in [0, 0.05) is 12.5 Å². The first-order valence-electron chi connectivity index (χ1n) is 4.81. The second-order valence-corrected chi connectivity index (χ2v) is 3.26. The average Bonchev–Trinajstić information content (AvgIpc) is 2.59. The highest BCUT2D eigenvalue weighted by atomic mass is 15.1. The molecule has 2 aromatic rings. The van der Waals surface area contributed by atoms with Crippen LogP contribution in [-0.4, -0.2) is 10.2 Å². The molecule has 0 atom stereocenters. The molecule has 0 saturated carbocycles. The van der Waals surface area contributed by atoms with E-state index in [9.17, 15) is 0 Å². The zero-order valence-electron chi connectivity index (χ0n) is 8.09. The van der Waals surface area contributed by atoms with Crippen molar-refractivity contribution < 1.29 is 1.43 Å². The summed E-state index contributed by atoms with van der Waals surface area (Å²) in [6, 6.07) is 6.50. The predicted molar refractivity (Wildman–Crippen MR) is 57.0 cm³/mol. The van der Waals surface area contributed by atoms with E-state index < -0.39 is 0 Å². The summed E-state index contributed by atoms with van der Waals surface area (Å²) in [6.07, 6.45) is 2.09. The van der Waals surface area contributed by atoms with Gasteiger partial charge in [-0.3, -0.25) is 5.10 Å². The normalized spacial score (nSPS) is 10.9. The van der Waals surface area contributed by atoms with E-state index in [1.54, 1.807) is 0 Å². The van der Waals surface area contributed by atoms with Gasteiger partial charge in [-0.2, -0.15) is 5.10 Å². The van der Waals surface area contributed by atoms with Crippen molar-refractivity contribution in [1.82, 2.24) is 10.2 Å². The summed E-state index contributed by atoms with van der Waals surface area (Å²) < 4.78 is 0. The highest BCUT2D eigenvalue weighted by Crippen LogP contribution is 2.17. The van der Waals surface area contributed by atoms with Crippen molar-refractivity contribution in [3.8, 4) is 0 Å². The maximum atomic E-state index is 4.27. The van der Waals surface area contributed by atoms with Crippen LogP contribution in [0, 0.1) is 0 Å². The quantitative estimate of drug-likeness (QED) is 0.748. The molecule has 1 heterocycles. The van der Waals surface area contributed by atoms with E-state index >= 15 is 0 Å². The topological polar surface area (TPSA) is 28.7 Å². The molecule has 2 heteroatoms. The van der Waals surface area contributed by atoms with Gasteiger partial charge in [-0.15, -0.1) is 0 Å². The number of aromatic nitrogens is 2. The van der Waals surface area contributed by atoms with E-state index in [1.807, 2.05) is 0 Å². The number of hydrogen-bond donors (Lipinski definition) is 1. The number of aromatic amines is 1. The van der Waals surface area contributed by atoms with Gasteiger partial charge >= 0.3 is 0 Å². The molecule has 2 nitrogen and oxygen atoms in total. The molecule has 0 radical (unpaired) electrons. The lowest BCUT2D eigenvalue weighted by molar-refractivity contribution is 0.988. The van der Waals surface area contributed by atoms with Gasteiger partial charge in [-0.25, -0.2) is 0 Å². The number of nitrogens with one attached hydrogen (secondary N) is 1. The SMILES string of the molecule is CCc1ccc2c(CC)[nH]nc2c1.[HH]. The Morgan fingerprint density at radius 1 is 1.31 bits per heavy atom. The second kappa shape index (κ2) is 3.21. The van der Waals surface area contributed by atoms with Crippen molar-refractivity contribution in [2.75, 3.05) is 0 Å². The van der Waals surface area contributed by atoms with Crippen molar-refractivity contribution in [2.24, 2.45) is 0 Å². The van der Waals surface area contributed by atoms with Crippen LogP contribution < -0.4 is 0 Å². The minimum absolute atomic E-state index is 0. The first-order chi connectivity index (χ1) is 6.35. The molecule has 2 rings (SSSR count). The Balaban J connectivity index is 0.000000980. The van der Waals surface area contributed by atoms with Crippen LogP contribution in [0.2, 0.25) is 0 Å². The zero-order chi connectivity index (χ0) is 9.26. The van der Waals surface area contributed by atoms with Gasteiger partial charge in [0.25, 0.3) is 0 Å². The van der Waals surface area contributed by atoms with Crippen LogP contribution in [0.25, 0.3) is 10.9 Å². The van der Waals surface area contributed by atoms with E-state index in [4.69, 9.17) is 0 Å². The maximum absolute atomic E-state index is 4.27. The Morgan fingerprint density at radius 3 is 2.85 bits per heavy atom. The maximum Gasteiger partial charge on any atom is 0.0926 e. The molecule has 0 bridgehead atoms. The van der Waals surface area contributed by atoms with Crippen molar-refractivity contribution in [3.63, 3.8) is 0 Å². The van der Waals surface area contributed by atoms with Crippen LogP contribution in [0.5, 0.6) is 0 Å². The molecular formula is C11H16N2. The van der Waals surface area contributed by atoms with E-state index in [-0.39, 0.29) is 1.43 Å². The molecule has 0 aliphatic rings. The standard InChI is InChI=1S/C11H14N2.H2/c1-3-8-5-6-9-10(4-2)12-13-11(9)7-8;/h5-7H,3-4H2,1-2H3,(H,12,13);1H. The van der Waals surface area contributed by atoms with Crippen LogP contribution in [-0.2, 0) is 12.8 Å². The number of rotatable bonds is 2. The minimum atomic E-state index is 0. The van der Waals surface area contributed by atoms with E-state index in [0.717, 1.165) is 18.4 Å². The lowest BCUT2D eigenvalue weighted by Crippen LogP contribution is -1.80.